The number of rotatable bonds is 3. The van der Waals surface area contributed by atoms with Crippen LogP contribution in [0, 0.1) is 5.92 Å². The van der Waals surface area contributed by atoms with Crippen LogP contribution in [0.15, 0.2) is 0 Å². The number of hydrogen-bond acceptors (Lipinski definition) is 3. The predicted molar refractivity (Wildman–Crippen MR) is 69.3 cm³/mol. The SMILES string of the molecule is CC(C)(C)OC(=O)N[C@H](C(N)=O)C1CCC(F)(F)CC1. The van der Waals surface area contributed by atoms with Gasteiger partial charge in [-0.1, -0.05) is 0 Å². The maximum atomic E-state index is 13.1. The first-order chi connectivity index (χ1) is 9.00. The van der Waals surface area contributed by atoms with Crippen molar-refractivity contribution in [2.24, 2.45) is 11.7 Å². The summed E-state index contributed by atoms with van der Waals surface area (Å²) < 4.78 is 31.2. The van der Waals surface area contributed by atoms with Crippen molar-refractivity contribution in [1.82, 2.24) is 5.32 Å². The zero-order valence-electron chi connectivity index (χ0n) is 12.0. The smallest absolute Gasteiger partial charge is 0.408 e. The van der Waals surface area contributed by atoms with E-state index >= 15 is 0 Å². The standard InChI is InChI=1S/C13H22F2N2O3/c1-12(2,3)20-11(19)17-9(10(16)18)8-4-6-13(14,15)7-5-8/h8-9H,4-7H2,1-3H3,(H2,16,18)(H,17,19)/t9-/m0/s1. The highest BCUT2D eigenvalue weighted by molar-refractivity contribution is 5.84. The lowest BCUT2D eigenvalue weighted by molar-refractivity contribution is -0.123. The van der Waals surface area contributed by atoms with Crippen LogP contribution in [-0.4, -0.2) is 29.6 Å². The summed E-state index contributed by atoms with van der Waals surface area (Å²) in [7, 11) is 0. The topological polar surface area (TPSA) is 81.4 Å². The number of carbonyl (C=O) groups is 2. The molecule has 2 amide bonds. The monoisotopic (exact) mass is 292 g/mol. The van der Waals surface area contributed by atoms with E-state index in [9.17, 15) is 18.4 Å². The zero-order chi connectivity index (χ0) is 15.6. The molecule has 1 saturated carbocycles. The number of nitrogens with one attached hydrogen (secondary N) is 1. The molecule has 0 spiro atoms. The Morgan fingerprint density at radius 2 is 1.80 bits per heavy atom. The first-order valence-corrected chi connectivity index (χ1v) is 6.67. The van der Waals surface area contributed by atoms with Gasteiger partial charge in [-0.2, -0.15) is 0 Å². The van der Waals surface area contributed by atoms with Crippen molar-refractivity contribution in [2.75, 3.05) is 0 Å². The van der Waals surface area contributed by atoms with Gasteiger partial charge < -0.3 is 15.8 Å². The van der Waals surface area contributed by atoms with Gasteiger partial charge in [0.15, 0.2) is 0 Å². The van der Waals surface area contributed by atoms with Gasteiger partial charge in [0.05, 0.1) is 0 Å². The van der Waals surface area contributed by atoms with Gasteiger partial charge in [0.2, 0.25) is 11.8 Å². The van der Waals surface area contributed by atoms with Crippen molar-refractivity contribution in [2.45, 2.75) is 64.0 Å². The number of alkyl carbamates (subject to hydrolysis) is 1. The van der Waals surface area contributed by atoms with Crippen molar-refractivity contribution in [3.8, 4) is 0 Å². The number of hydrogen-bond donors (Lipinski definition) is 2. The first kappa shape index (κ1) is 16.7. The molecule has 3 N–H and O–H groups in total. The molecule has 0 unspecified atom stereocenters. The minimum Gasteiger partial charge on any atom is -0.444 e. The minimum absolute atomic E-state index is 0.149. The third-order valence-corrected chi connectivity index (χ3v) is 3.21. The molecule has 1 aliphatic carbocycles. The molecule has 116 valence electrons. The number of ether oxygens (including phenoxy) is 1. The van der Waals surface area contributed by atoms with Crippen molar-refractivity contribution in [3.05, 3.63) is 0 Å². The second-order valence-electron chi connectivity index (χ2n) is 6.22. The van der Waals surface area contributed by atoms with E-state index in [1.807, 2.05) is 0 Å². The summed E-state index contributed by atoms with van der Waals surface area (Å²) >= 11 is 0. The molecule has 0 aliphatic heterocycles. The quantitative estimate of drug-likeness (QED) is 0.836. The fourth-order valence-corrected chi connectivity index (χ4v) is 2.25. The van der Waals surface area contributed by atoms with Crippen molar-refractivity contribution >= 4 is 12.0 Å². The zero-order valence-corrected chi connectivity index (χ0v) is 12.0. The number of alkyl halides is 2. The van der Waals surface area contributed by atoms with E-state index in [4.69, 9.17) is 10.5 Å². The maximum absolute atomic E-state index is 13.1. The molecule has 0 bridgehead atoms. The summed E-state index contributed by atoms with van der Waals surface area (Å²) in [4.78, 5) is 23.1. The van der Waals surface area contributed by atoms with Crippen molar-refractivity contribution < 1.29 is 23.1 Å². The number of nitrogens with two attached hydrogens (primary N) is 1. The molecular formula is C13H22F2N2O3. The highest BCUT2D eigenvalue weighted by Gasteiger charge is 2.40. The highest BCUT2D eigenvalue weighted by Crippen LogP contribution is 2.37. The van der Waals surface area contributed by atoms with E-state index in [1.165, 1.54) is 0 Å². The lowest BCUT2D eigenvalue weighted by Gasteiger charge is -2.33. The normalized spacial score (nSPS) is 21.1. The molecule has 0 saturated heterocycles. The van der Waals surface area contributed by atoms with E-state index in [-0.39, 0.29) is 31.6 Å². The second-order valence-corrected chi connectivity index (χ2v) is 6.22. The third-order valence-electron chi connectivity index (χ3n) is 3.21. The van der Waals surface area contributed by atoms with Crippen LogP contribution in [0.5, 0.6) is 0 Å². The summed E-state index contributed by atoms with van der Waals surface area (Å²) in [6, 6.07) is -0.971. The van der Waals surface area contributed by atoms with Crippen LogP contribution in [0.2, 0.25) is 0 Å². The van der Waals surface area contributed by atoms with Crippen LogP contribution in [0.4, 0.5) is 13.6 Å². The van der Waals surface area contributed by atoms with Gasteiger partial charge in [0.1, 0.15) is 11.6 Å². The van der Waals surface area contributed by atoms with Gasteiger partial charge >= 0.3 is 6.09 Å². The maximum Gasteiger partial charge on any atom is 0.408 e. The lowest BCUT2D eigenvalue weighted by atomic mass is 9.82. The fraction of sp³-hybridized carbons (Fsp3) is 0.846. The number of halogens is 2. The highest BCUT2D eigenvalue weighted by atomic mass is 19.3. The average molecular weight is 292 g/mol. The molecule has 0 radical (unpaired) electrons. The molecular weight excluding hydrogens is 270 g/mol. The average Bonchev–Trinajstić information content (AvgIpc) is 2.23. The summed E-state index contributed by atoms with van der Waals surface area (Å²) in [5.41, 5.74) is 4.55. The van der Waals surface area contributed by atoms with Gasteiger partial charge in [-0.15, -0.1) is 0 Å². The predicted octanol–water partition coefficient (Wildman–Crippen LogP) is 2.19. The molecule has 1 atom stereocenters. The Kier molecular flexibility index (Phi) is 4.94. The Morgan fingerprint density at radius 1 is 1.30 bits per heavy atom. The number of carbonyl (C=O) groups excluding carboxylic acids is 2. The fourth-order valence-electron chi connectivity index (χ4n) is 2.25. The van der Waals surface area contributed by atoms with Crippen LogP contribution in [0.3, 0.4) is 0 Å². The molecule has 0 heterocycles. The molecule has 0 aromatic heterocycles. The molecule has 0 aromatic carbocycles. The van der Waals surface area contributed by atoms with Gasteiger partial charge in [0.25, 0.3) is 0 Å². The van der Waals surface area contributed by atoms with E-state index in [2.05, 4.69) is 5.32 Å². The molecule has 1 aliphatic rings. The lowest BCUT2D eigenvalue weighted by Crippen LogP contribution is -2.51. The Bertz CT molecular complexity index is 370. The van der Waals surface area contributed by atoms with E-state index in [1.54, 1.807) is 20.8 Å². The van der Waals surface area contributed by atoms with Gasteiger partial charge in [-0.3, -0.25) is 4.79 Å². The van der Waals surface area contributed by atoms with Crippen LogP contribution < -0.4 is 11.1 Å². The Morgan fingerprint density at radius 3 is 2.20 bits per heavy atom. The van der Waals surface area contributed by atoms with E-state index in [0.717, 1.165) is 0 Å². The summed E-state index contributed by atoms with van der Waals surface area (Å²) in [5.74, 6) is -3.80. The largest absolute Gasteiger partial charge is 0.444 e. The van der Waals surface area contributed by atoms with Gasteiger partial charge in [-0.25, -0.2) is 13.6 Å². The van der Waals surface area contributed by atoms with Crippen molar-refractivity contribution in [3.63, 3.8) is 0 Å². The number of amides is 2. The van der Waals surface area contributed by atoms with E-state index < -0.39 is 29.6 Å². The Hall–Kier alpha value is -1.40. The number of primary amides is 1. The summed E-state index contributed by atoms with van der Waals surface area (Å²) in [6.45, 7) is 5.06. The Labute approximate surface area is 117 Å². The summed E-state index contributed by atoms with van der Waals surface area (Å²) in [5, 5.41) is 2.39. The third kappa shape index (κ3) is 5.30. The molecule has 5 nitrogen and oxygen atoms in total. The van der Waals surface area contributed by atoms with Crippen LogP contribution in [-0.2, 0) is 9.53 Å². The molecule has 20 heavy (non-hydrogen) atoms. The molecule has 1 fully saturated rings. The molecule has 0 aromatic rings. The van der Waals surface area contributed by atoms with Crippen molar-refractivity contribution in [1.29, 1.82) is 0 Å². The second kappa shape index (κ2) is 5.93. The Balaban J connectivity index is 2.62. The molecule has 1 rings (SSSR count). The minimum atomic E-state index is -2.69. The van der Waals surface area contributed by atoms with Gasteiger partial charge in [-0.05, 0) is 39.5 Å². The van der Waals surface area contributed by atoms with Crippen LogP contribution in [0.25, 0.3) is 0 Å². The molecule has 7 heteroatoms. The van der Waals surface area contributed by atoms with Crippen LogP contribution in [0.1, 0.15) is 46.5 Å². The summed E-state index contributed by atoms with van der Waals surface area (Å²) in [6.07, 6.45) is -1.06. The van der Waals surface area contributed by atoms with E-state index in [0.29, 0.717) is 0 Å². The van der Waals surface area contributed by atoms with Crippen LogP contribution >= 0.6 is 0 Å². The first-order valence-electron chi connectivity index (χ1n) is 6.67. The van der Waals surface area contributed by atoms with Gasteiger partial charge in [0, 0.05) is 12.8 Å².